The van der Waals surface area contributed by atoms with Crippen LogP contribution in [0.5, 0.6) is 0 Å². The quantitative estimate of drug-likeness (QED) is 0.311. The normalized spacial score (nSPS) is 10.5. The number of benzene rings is 2. The van der Waals surface area contributed by atoms with Gasteiger partial charge in [0.05, 0.1) is 5.75 Å². The van der Waals surface area contributed by atoms with Crippen molar-refractivity contribution in [1.29, 1.82) is 0 Å². The van der Waals surface area contributed by atoms with Gasteiger partial charge >= 0.3 is 0 Å². The number of allylic oxidation sites excluding steroid dienone is 1. The number of halogens is 1. The van der Waals surface area contributed by atoms with Gasteiger partial charge < -0.3 is 5.32 Å². The van der Waals surface area contributed by atoms with Gasteiger partial charge in [0.2, 0.25) is 5.91 Å². The molecule has 1 aromatic heterocycles. The summed E-state index contributed by atoms with van der Waals surface area (Å²) >= 11 is 3.58. The van der Waals surface area contributed by atoms with Crippen LogP contribution >= 0.6 is 34.4 Å². The molecule has 1 amide bonds. The second kappa shape index (κ2) is 9.00. The summed E-state index contributed by atoms with van der Waals surface area (Å²) in [6.07, 6.45) is 1.80. The molecule has 7 heteroatoms. The maximum absolute atomic E-state index is 12.2. The first-order chi connectivity index (χ1) is 12.7. The second-order valence-electron chi connectivity index (χ2n) is 5.42. The van der Waals surface area contributed by atoms with Crippen molar-refractivity contribution in [3.8, 4) is 11.4 Å². The molecular formula is C19H17IN4OS. The molecule has 0 fully saturated rings. The molecule has 3 rings (SSSR count). The van der Waals surface area contributed by atoms with Crippen molar-refractivity contribution < 1.29 is 4.79 Å². The van der Waals surface area contributed by atoms with Crippen molar-refractivity contribution in [2.75, 3.05) is 11.1 Å². The van der Waals surface area contributed by atoms with Crippen LogP contribution in [0.3, 0.4) is 0 Å². The number of aromatic nitrogens is 3. The molecule has 0 bridgehead atoms. The van der Waals surface area contributed by atoms with Crippen molar-refractivity contribution in [1.82, 2.24) is 14.8 Å². The topological polar surface area (TPSA) is 59.8 Å². The predicted molar refractivity (Wildman–Crippen MR) is 114 cm³/mol. The van der Waals surface area contributed by atoms with Crippen molar-refractivity contribution in [3.63, 3.8) is 0 Å². The van der Waals surface area contributed by atoms with Gasteiger partial charge in [0.1, 0.15) is 0 Å². The minimum absolute atomic E-state index is 0.0774. The molecule has 0 aliphatic heterocycles. The lowest BCUT2D eigenvalue weighted by atomic mass is 10.2. The zero-order valence-corrected chi connectivity index (χ0v) is 16.9. The molecule has 2 aromatic carbocycles. The molecule has 26 heavy (non-hydrogen) atoms. The van der Waals surface area contributed by atoms with Gasteiger partial charge in [-0.1, -0.05) is 54.2 Å². The third kappa shape index (κ3) is 4.73. The van der Waals surface area contributed by atoms with Gasteiger partial charge in [-0.2, -0.15) is 0 Å². The van der Waals surface area contributed by atoms with Crippen LogP contribution in [0.4, 0.5) is 5.69 Å². The number of nitrogens with one attached hydrogen (secondary N) is 1. The van der Waals surface area contributed by atoms with Gasteiger partial charge in [0.15, 0.2) is 11.0 Å². The van der Waals surface area contributed by atoms with Crippen LogP contribution in [-0.2, 0) is 11.3 Å². The van der Waals surface area contributed by atoms with Crippen molar-refractivity contribution in [2.45, 2.75) is 11.7 Å². The summed E-state index contributed by atoms with van der Waals surface area (Å²) in [5.41, 5.74) is 1.78. The lowest BCUT2D eigenvalue weighted by Crippen LogP contribution is -2.14. The Balaban J connectivity index is 1.70. The van der Waals surface area contributed by atoms with Crippen molar-refractivity contribution in [2.24, 2.45) is 0 Å². The number of carbonyl (C=O) groups excluding carboxylic acids is 1. The fraction of sp³-hybridized carbons (Fsp3) is 0.105. The third-order valence-electron chi connectivity index (χ3n) is 3.50. The van der Waals surface area contributed by atoms with Crippen LogP contribution < -0.4 is 5.32 Å². The molecule has 0 saturated heterocycles. The summed E-state index contributed by atoms with van der Waals surface area (Å²) in [5.74, 6) is 0.952. The summed E-state index contributed by atoms with van der Waals surface area (Å²) in [5, 5.41) is 12.1. The Labute approximate surface area is 170 Å². The standard InChI is InChI=1S/C19H17IN4OS/c1-2-11-24-18(14-7-4-3-5-8-14)22-23-19(24)26-13-17(25)21-16-10-6-9-15(20)12-16/h2-10,12H,1,11,13H2,(H,21,25). The largest absolute Gasteiger partial charge is 0.325 e. The first-order valence-electron chi connectivity index (χ1n) is 7.95. The molecule has 0 aliphatic carbocycles. The number of rotatable bonds is 7. The third-order valence-corrected chi connectivity index (χ3v) is 5.14. The van der Waals surface area contributed by atoms with E-state index in [9.17, 15) is 4.79 Å². The fourth-order valence-corrected chi connectivity index (χ4v) is 3.67. The maximum atomic E-state index is 12.2. The van der Waals surface area contributed by atoms with E-state index >= 15 is 0 Å². The Morgan fingerprint density at radius 2 is 2.00 bits per heavy atom. The van der Waals surface area contributed by atoms with E-state index in [0.29, 0.717) is 11.7 Å². The Morgan fingerprint density at radius 1 is 1.19 bits per heavy atom. The number of anilines is 1. The smallest absolute Gasteiger partial charge is 0.234 e. The summed E-state index contributed by atoms with van der Waals surface area (Å²) in [6.45, 7) is 4.39. The van der Waals surface area contributed by atoms with Crippen molar-refractivity contribution in [3.05, 3.63) is 70.8 Å². The Hall–Kier alpha value is -2.13. The molecule has 0 aliphatic rings. The van der Waals surface area contributed by atoms with Gasteiger partial charge in [-0.05, 0) is 40.8 Å². The lowest BCUT2D eigenvalue weighted by Gasteiger charge is -2.08. The molecule has 0 unspecified atom stereocenters. The highest BCUT2D eigenvalue weighted by Gasteiger charge is 2.14. The van der Waals surface area contributed by atoms with Gasteiger partial charge in [-0.15, -0.1) is 16.8 Å². The van der Waals surface area contributed by atoms with E-state index in [4.69, 9.17) is 0 Å². The van der Waals surface area contributed by atoms with E-state index in [2.05, 4.69) is 44.7 Å². The number of hydrogen-bond acceptors (Lipinski definition) is 4. The van der Waals surface area contributed by atoms with E-state index in [1.54, 1.807) is 6.08 Å². The van der Waals surface area contributed by atoms with Gasteiger partial charge in [-0.3, -0.25) is 9.36 Å². The summed E-state index contributed by atoms with van der Waals surface area (Å²) in [4.78, 5) is 12.2. The van der Waals surface area contributed by atoms with Crippen LogP contribution in [0.2, 0.25) is 0 Å². The maximum Gasteiger partial charge on any atom is 0.234 e. The van der Waals surface area contributed by atoms with Gasteiger partial charge in [-0.25, -0.2) is 0 Å². The second-order valence-corrected chi connectivity index (χ2v) is 7.61. The van der Waals surface area contributed by atoms with Crippen LogP contribution in [-0.4, -0.2) is 26.4 Å². The molecule has 132 valence electrons. The predicted octanol–water partition coefficient (Wildman–Crippen LogP) is 4.47. The molecule has 0 atom stereocenters. The molecule has 0 radical (unpaired) electrons. The molecule has 0 spiro atoms. The van der Waals surface area contributed by atoms with Gasteiger partial charge in [0.25, 0.3) is 0 Å². The highest BCUT2D eigenvalue weighted by molar-refractivity contribution is 14.1. The van der Waals surface area contributed by atoms with Crippen LogP contribution in [0, 0.1) is 3.57 Å². The van der Waals surface area contributed by atoms with E-state index in [1.165, 1.54) is 11.8 Å². The zero-order valence-electron chi connectivity index (χ0n) is 13.9. The van der Waals surface area contributed by atoms with Crippen molar-refractivity contribution >= 4 is 45.9 Å². The number of carbonyl (C=O) groups is 1. The van der Waals surface area contributed by atoms with Crippen LogP contribution in [0.1, 0.15) is 0 Å². The van der Waals surface area contributed by atoms with Gasteiger partial charge in [0, 0.05) is 21.4 Å². The SMILES string of the molecule is C=CCn1c(SCC(=O)Nc2cccc(I)c2)nnc1-c1ccccc1. The molecule has 3 aromatic rings. The van der Waals surface area contributed by atoms with Crippen LogP contribution in [0.15, 0.2) is 72.4 Å². The minimum atomic E-state index is -0.0774. The minimum Gasteiger partial charge on any atom is -0.325 e. The highest BCUT2D eigenvalue weighted by Crippen LogP contribution is 2.24. The lowest BCUT2D eigenvalue weighted by molar-refractivity contribution is -0.113. The fourth-order valence-electron chi connectivity index (χ4n) is 2.38. The average Bonchev–Trinajstić information content (AvgIpc) is 3.04. The Bertz CT molecular complexity index is 911. The summed E-state index contributed by atoms with van der Waals surface area (Å²) in [6, 6.07) is 17.6. The molecular weight excluding hydrogens is 459 g/mol. The summed E-state index contributed by atoms with van der Waals surface area (Å²) < 4.78 is 3.04. The molecule has 5 nitrogen and oxygen atoms in total. The average molecular weight is 476 g/mol. The monoisotopic (exact) mass is 476 g/mol. The first-order valence-corrected chi connectivity index (χ1v) is 10.0. The number of nitrogens with zero attached hydrogens (tertiary/aromatic N) is 3. The number of hydrogen-bond donors (Lipinski definition) is 1. The number of amides is 1. The molecule has 0 saturated carbocycles. The van der Waals surface area contributed by atoms with Crippen LogP contribution in [0.25, 0.3) is 11.4 Å². The van der Waals surface area contributed by atoms with E-state index < -0.39 is 0 Å². The molecule has 1 N–H and O–H groups in total. The highest BCUT2D eigenvalue weighted by atomic mass is 127. The van der Waals surface area contributed by atoms with E-state index in [-0.39, 0.29) is 11.7 Å². The summed E-state index contributed by atoms with van der Waals surface area (Å²) in [7, 11) is 0. The number of thioether (sulfide) groups is 1. The Kier molecular flexibility index (Phi) is 6.45. The van der Waals surface area contributed by atoms with E-state index in [0.717, 1.165) is 20.6 Å². The zero-order chi connectivity index (χ0) is 18.4. The Morgan fingerprint density at radius 3 is 2.73 bits per heavy atom. The van der Waals surface area contributed by atoms with E-state index in [1.807, 2.05) is 59.2 Å². The first kappa shape index (κ1) is 18.7. The molecule has 1 heterocycles.